The summed E-state index contributed by atoms with van der Waals surface area (Å²) < 4.78 is 5.42. The molecule has 1 amide bonds. The normalized spacial score (nSPS) is 22.0. The van der Waals surface area contributed by atoms with E-state index in [-0.39, 0.29) is 18.1 Å². The van der Waals surface area contributed by atoms with Crippen LogP contribution in [0.4, 0.5) is 4.79 Å². The molecule has 2 N–H and O–H groups in total. The third-order valence-corrected chi connectivity index (χ3v) is 4.29. The highest BCUT2D eigenvalue weighted by Gasteiger charge is 2.35. The number of hydrogen-bond donors (Lipinski definition) is 1. The van der Waals surface area contributed by atoms with Crippen molar-refractivity contribution in [1.29, 1.82) is 0 Å². The summed E-state index contributed by atoms with van der Waals surface area (Å²) in [6, 6.07) is 6.00. The Morgan fingerprint density at radius 3 is 2.68 bits per heavy atom. The molecule has 1 heterocycles. The predicted molar refractivity (Wildman–Crippen MR) is 89.2 cm³/mol. The largest absolute Gasteiger partial charge is 0.444 e. The van der Waals surface area contributed by atoms with E-state index in [2.05, 4.69) is 6.07 Å². The first kappa shape index (κ1) is 17.1. The van der Waals surface area contributed by atoms with Crippen molar-refractivity contribution in [2.45, 2.75) is 45.8 Å². The van der Waals surface area contributed by atoms with Crippen LogP contribution in [0.5, 0.6) is 0 Å². The third kappa shape index (κ3) is 4.37. The summed E-state index contributed by atoms with van der Waals surface area (Å²) in [6.07, 6.45) is 0.566. The fourth-order valence-electron chi connectivity index (χ4n) is 2.72. The van der Waals surface area contributed by atoms with E-state index in [0.717, 1.165) is 17.0 Å². The first-order valence-electron chi connectivity index (χ1n) is 7.64. The Kier molecular flexibility index (Phi) is 5.03. The number of nitrogens with two attached hydrogens (primary N) is 1. The van der Waals surface area contributed by atoms with Crippen LogP contribution >= 0.6 is 11.6 Å². The van der Waals surface area contributed by atoms with Gasteiger partial charge in [0.15, 0.2) is 0 Å². The van der Waals surface area contributed by atoms with E-state index in [1.807, 2.05) is 39.8 Å². The van der Waals surface area contributed by atoms with Gasteiger partial charge in [0, 0.05) is 24.2 Å². The van der Waals surface area contributed by atoms with Crippen LogP contribution in [0.2, 0.25) is 5.02 Å². The quantitative estimate of drug-likeness (QED) is 0.907. The van der Waals surface area contributed by atoms with Crippen molar-refractivity contribution in [2.24, 2.45) is 11.7 Å². The van der Waals surface area contributed by atoms with Crippen LogP contribution in [0.15, 0.2) is 18.2 Å². The highest BCUT2D eigenvalue weighted by atomic mass is 35.5. The molecule has 0 aliphatic carbocycles. The number of nitrogens with zero attached hydrogens (tertiary/aromatic N) is 1. The van der Waals surface area contributed by atoms with E-state index in [4.69, 9.17) is 22.1 Å². The van der Waals surface area contributed by atoms with Gasteiger partial charge in [-0.2, -0.15) is 0 Å². The van der Waals surface area contributed by atoms with Crippen molar-refractivity contribution < 1.29 is 9.53 Å². The Bertz CT molecular complexity index is 554. The maximum Gasteiger partial charge on any atom is 0.410 e. The number of likely N-dealkylation sites (tertiary alicyclic amines) is 1. The Balaban J connectivity index is 1.99. The smallest absolute Gasteiger partial charge is 0.410 e. The van der Waals surface area contributed by atoms with Gasteiger partial charge in [-0.3, -0.25) is 0 Å². The van der Waals surface area contributed by atoms with Crippen molar-refractivity contribution in [3.05, 3.63) is 34.3 Å². The molecule has 2 unspecified atom stereocenters. The van der Waals surface area contributed by atoms with E-state index in [0.29, 0.717) is 13.1 Å². The summed E-state index contributed by atoms with van der Waals surface area (Å²) in [5, 5.41) is 0.773. The number of carbonyl (C=O) groups is 1. The molecule has 1 saturated heterocycles. The van der Waals surface area contributed by atoms with Gasteiger partial charge in [-0.05, 0) is 57.2 Å². The van der Waals surface area contributed by atoms with E-state index < -0.39 is 5.60 Å². The minimum atomic E-state index is -0.480. The monoisotopic (exact) mass is 324 g/mol. The average Bonchev–Trinajstić information content (AvgIpc) is 2.74. The lowest BCUT2D eigenvalue weighted by Crippen LogP contribution is -2.36. The molecule has 1 aliphatic heterocycles. The lowest BCUT2D eigenvalue weighted by Gasteiger charge is -2.24. The van der Waals surface area contributed by atoms with Gasteiger partial charge < -0.3 is 15.4 Å². The minimum Gasteiger partial charge on any atom is -0.444 e. The van der Waals surface area contributed by atoms with Crippen LogP contribution < -0.4 is 5.73 Å². The molecule has 0 saturated carbocycles. The first-order valence-corrected chi connectivity index (χ1v) is 8.02. The number of amides is 1. The molecule has 2 rings (SSSR count). The zero-order chi connectivity index (χ0) is 16.5. The molecule has 5 heteroatoms. The summed E-state index contributed by atoms with van der Waals surface area (Å²) in [5.41, 5.74) is 8.00. The Morgan fingerprint density at radius 1 is 1.41 bits per heavy atom. The van der Waals surface area contributed by atoms with Crippen molar-refractivity contribution in [3.63, 3.8) is 0 Å². The molecular formula is C17H25ClN2O2. The molecule has 0 aromatic heterocycles. The van der Waals surface area contributed by atoms with E-state index in [1.165, 1.54) is 5.56 Å². The molecule has 1 fully saturated rings. The second-order valence-electron chi connectivity index (χ2n) is 7.10. The zero-order valence-electron chi connectivity index (χ0n) is 13.7. The standard InChI is InChI=1S/C17H25ClN2O2/c1-11-7-12(5-6-14(11)18)8-13-9-20(10-15(13)19)16(21)22-17(2,3)4/h5-7,13,15H,8-10,19H2,1-4H3. The van der Waals surface area contributed by atoms with Crippen LogP contribution in [0, 0.1) is 12.8 Å². The highest BCUT2D eigenvalue weighted by Crippen LogP contribution is 2.24. The molecule has 4 nitrogen and oxygen atoms in total. The molecule has 1 aromatic rings. The van der Waals surface area contributed by atoms with E-state index in [1.54, 1.807) is 4.90 Å². The second-order valence-corrected chi connectivity index (χ2v) is 7.50. The average molecular weight is 325 g/mol. The third-order valence-electron chi connectivity index (χ3n) is 3.86. The van der Waals surface area contributed by atoms with Gasteiger partial charge in [0.1, 0.15) is 5.60 Å². The fraction of sp³-hybridized carbons (Fsp3) is 0.588. The molecule has 0 spiro atoms. The van der Waals surface area contributed by atoms with Gasteiger partial charge >= 0.3 is 6.09 Å². The van der Waals surface area contributed by atoms with Crippen LogP contribution in [-0.2, 0) is 11.2 Å². The molecule has 122 valence electrons. The Labute approximate surface area is 137 Å². The molecule has 1 aromatic carbocycles. The lowest BCUT2D eigenvalue weighted by atomic mass is 9.95. The molecule has 0 bridgehead atoms. The summed E-state index contributed by atoms with van der Waals surface area (Å²) in [4.78, 5) is 13.8. The molecular weight excluding hydrogens is 300 g/mol. The van der Waals surface area contributed by atoms with Gasteiger partial charge in [-0.1, -0.05) is 23.7 Å². The number of halogens is 1. The van der Waals surface area contributed by atoms with Crippen LogP contribution in [0.1, 0.15) is 31.9 Å². The fourth-order valence-corrected chi connectivity index (χ4v) is 2.84. The lowest BCUT2D eigenvalue weighted by molar-refractivity contribution is 0.0286. The number of benzene rings is 1. The molecule has 2 atom stereocenters. The Morgan fingerprint density at radius 2 is 2.09 bits per heavy atom. The van der Waals surface area contributed by atoms with Crippen molar-refractivity contribution in [2.75, 3.05) is 13.1 Å². The summed E-state index contributed by atoms with van der Waals surface area (Å²) >= 11 is 6.06. The first-order chi connectivity index (χ1) is 10.2. The van der Waals surface area contributed by atoms with Gasteiger partial charge in [-0.15, -0.1) is 0 Å². The Hall–Kier alpha value is -1.26. The van der Waals surface area contributed by atoms with Crippen LogP contribution in [0.3, 0.4) is 0 Å². The van der Waals surface area contributed by atoms with Crippen LogP contribution in [-0.4, -0.2) is 35.7 Å². The molecule has 0 radical (unpaired) electrons. The minimum absolute atomic E-state index is 0.0245. The van der Waals surface area contributed by atoms with Gasteiger partial charge in [0.05, 0.1) is 0 Å². The van der Waals surface area contributed by atoms with Gasteiger partial charge in [-0.25, -0.2) is 4.79 Å². The number of ether oxygens (including phenoxy) is 1. The molecule has 1 aliphatic rings. The predicted octanol–water partition coefficient (Wildman–Crippen LogP) is 3.39. The number of rotatable bonds is 2. The van der Waals surface area contributed by atoms with E-state index >= 15 is 0 Å². The van der Waals surface area contributed by atoms with Crippen molar-refractivity contribution in [1.82, 2.24) is 4.90 Å². The van der Waals surface area contributed by atoms with Gasteiger partial charge in [0.2, 0.25) is 0 Å². The summed E-state index contributed by atoms with van der Waals surface area (Å²) in [6.45, 7) is 8.79. The van der Waals surface area contributed by atoms with Gasteiger partial charge in [0.25, 0.3) is 0 Å². The second kappa shape index (κ2) is 6.47. The topological polar surface area (TPSA) is 55.6 Å². The summed E-state index contributed by atoms with van der Waals surface area (Å²) in [5.74, 6) is 0.244. The van der Waals surface area contributed by atoms with E-state index in [9.17, 15) is 4.79 Å². The van der Waals surface area contributed by atoms with Crippen molar-refractivity contribution in [3.8, 4) is 0 Å². The maximum absolute atomic E-state index is 12.1. The summed E-state index contributed by atoms with van der Waals surface area (Å²) in [7, 11) is 0. The molecule has 22 heavy (non-hydrogen) atoms. The number of hydrogen-bond acceptors (Lipinski definition) is 3. The zero-order valence-corrected chi connectivity index (χ0v) is 14.5. The highest BCUT2D eigenvalue weighted by molar-refractivity contribution is 6.31. The number of aryl methyl sites for hydroxylation is 1. The maximum atomic E-state index is 12.1. The SMILES string of the molecule is Cc1cc(CC2CN(C(=O)OC(C)(C)C)CC2N)ccc1Cl. The number of carbonyl (C=O) groups excluding carboxylic acids is 1. The van der Waals surface area contributed by atoms with Crippen LogP contribution in [0.25, 0.3) is 0 Å². The van der Waals surface area contributed by atoms with Crippen molar-refractivity contribution >= 4 is 17.7 Å².